The summed E-state index contributed by atoms with van der Waals surface area (Å²) < 4.78 is 41.7. The molecule has 0 radical (unpaired) electrons. The summed E-state index contributed by atoms with van der Waals surface area (Å²) in [5.74, 6) is -0.0527. The van der Waals surface area contributed by atoms with E-state index < -0.39 is 11.9 Å². The number of pyridine rings is 1. The van der Waals surface area contributed by atoms with E-state index in [4.69, 9.17) is 10.5 Å². The van der Waals surface area contributed by atoms with Gasteiger partial charge < -0.3 is 10.5 Å². The van der Waals surface area contributed by atoms with Crippen LogP contribution in [0.1, 0.15) is 19.0 Å². The van der Waals surface area contributed by atoms with Crippen LogP contribution < -0.4 is 10.5 Å². The average molecular weight is 220 g/mol. The number of anilines is 1. The predicted octanol–water partition coefficient (Wildman–Crippen LogP) is 2.47. The van der Waals surface area contributed by atoms with Crippen molar-refractivity contribution in [2.24, 2.45) is 0 Å². The standard InChI is InChI=1S/C9H11F3N2O/c1-2-5-15-6-3-4-7(9(10,11)12)14-8(6)13/h3-4H,2,5H2,1H3,(H2,13,14). The van der Waals surface area contributed by atoms with Crippen LogP contribution in [0.15, 0.2) is 12.1 Å². The van der Waals surface area contributed by atoms with E-state index >= 15 is 0 Å². The zero-order chi connectivity index (χ0) is 11.5. The van der Waals surface area contributed by atoms with Crippen molar-refractivity contribution < 1.29 is 17.9 Å². The third-order valence-corrected chi connectivity index (χ3v) is 1.64. The van der Waals surface area contributed by atoms with E-state index in [-0.39, 0.29) is 11.6 Å². The highest BCUT2D eigenvalue weighted by Gasteiger charge is 2.32. The summed E-state index contributed by atoms with van der Waals surface area (Å²) in [5, 5.41) is 0. The van der Waals surface area contributed by atoms with Gasteiger partial charge in [0.15, 0.2) is 11.6 Å². The van der Waals surface area contributed by atoms with Crippen molar-refractivity contribution in [1.29, 1.82) is 0 Å². The molecule has 0 amide bonds. The summed E-state index contributed by atoms with van der Waals surface area (Å²) in [6.45, 7) is 2.28. The van der Waals surface area contributed by atoms with E-state index in [2.05, 4.69) is 4.98 Å². The third kappa shape index (κ3) is 3.00. The van der Waals surface area contributed by atoms with Gasteiger partial charge in [-0.1, -0.05) is 6.92 Å². The lowest BCUT2D eigenvalue weighted by atomic mass is 10.3. The molecule has 0 bridgehead atoms. The van der Waals surface area contributed by atoms with Gasteiger partial charge in [0.1, 0.15) is 5.69 Å². The molecule has 0 spiro atoms. The Bertz CT molecular complexity index is 339. The molecule has 6 heteroatoms. The molecule has 0 saturated heterocycles. The first-order valence-electron chi connectivity index (χ1n) is 4.41. The van der Waals surface area contributed by atoms with E-state index in [0.29, 0.717) is 6.61 Å². The highest BCUT2D eigenvalue weighted by molar-refractivity contribution is 5.46. The van der Waals surface area contributed by atoms with E-state index in [1.165, 1.54) is 6.07 Å². The molecule has 0 aliphatic heterocycles. The molecular formula is C9H11F3N2O. The highest BCUT2D eigenvalue weighted by Crippen LogP contribution is 2.30. The van der Waals surface area contributed by atoms with Crippen molar-refractivity contribution >= 4 is 5.82 Å². The summed E-state index contributed by atoms with van der Waals surface area (Å²) in [5.41, 5.74) is 4.31. The van der Waals surface area contributed by atoms with Crippen LogP contribution >= 0.6 is 0 Å². The molecule has 0 aromatic carbocycles. The summed E-state index contributed by atoms with van der Waals surface area (Å²) >= 11 is 0. The van der Waals surface area contributed by atoms with Crippen LogP contribution in [0.2, 0.25) is 0 Å². The Balaban J connectivity index is 2.88. The zero-order valence-electron chi connectivity index (χ0n) is 8.14. The minimum Gasteiger partial charge on any atom is -0.490 e. The minimum atomic E-state index is -4.47. The monoisotopic (exact) mass is 220 g/mol. The van der Waals surface area contributed by atoms with Crippen molar-refractivity contribution in [3.05, 3.63) is 17.8 Å². The number of halogens is 3. The Morgan fingerprint density at radius 1 is 1.40 bits per heavy atom. The first-order chi connectivity index (χ1) is 6.95. The number of alkyl halides is 3. The average Bonchev–Trinajstić information content (AvgIpc) is 2.14. The molecule has 1 aromatic heterocycles. The molecule has 0 fully saturated rings. The molecule has 0 atom stereocenters. The van der Waals surface area contributed by atoms with E-state index in [0.717, 1.165) is 12.5 Å². The Hall–Kier alpha value is -1.46. The maximum absolute atomic E-state index is 12.2. The fourth-order valence-corrected chi connectivity index (χ4v) is 0.954. The van der Waals surface area contributed by atoms with Crippen LogP contribution in [0.4, 0.5) is 19.0 Å². The number of rotatable bonds is 3. The molecule has 3 nitrogen and oxygen atoms in total. The van der Waals surface area contributed by atoms with Crippen molar-refractivity contribution in [3.63, 3.8) is 0 Å². The highest BCUT2D eigenvalue weighted by atomic mass is 19.4. The fourth-order valence-electron chi connectivity index (χ4n) is 0.954. The molecule has 1 heterocycles. The molecule has 0 unspecified atom stereocenters. The Kier molecular flexibility index (Phi) is 3.39. The Morgan fingerprint density at radius 3 is 2.53 bits per heavy atom. The summed E-state index contributed by atoms with van der Waals surface area (Å²) in [6, 6.07) is 2.03. The van der Waals surface area contributed by atoms with Crippen LogP contribution in [0, 0.1) is 0 Å². The predicted molar refractivity (Wildman–Crippen MR) is 49.4 cm³/mol. The number of nitrogen functional groups attached to an aromatic ring is 1. The van der Waals surface area contributed by atoms with Gasteiger partial charge in [-0.2, -0.15) is 13.2 Å². The van der Waals surface area contributed by atoms with Crippen LogP contribution in [-0.4, -0.2) is 11.6 Å². The lowest BCUT2D eigenvalue weighted by Gasteiger charge is -2.10. The Labute approximate surface area is 85.1 Å². The van der Waals surface area contributed by atoms with Crippen LogP contribution in [0.25, 0.3) is 0 Å². The molecule has 0 saturated carbocycles. The van der Waals surface area contributed by atoms with Gasteiger partial charge in [-0.25, -0.2) is 4.98 Å². The summed E-state index contributed by atoms with van der Waals surface area (Å²) in [6.07, 6.45) is -3.72. The molecule has 2 N–H and O–H groups in total. The number of hydrogen-bond donors (Lipinski definition) is 1. The maximum Gasteiger partial charge on any atom is 0.433 e. The maximum atomic E-state index is 12.2. The lowest BCUT2D eigenvalue weighted by Crippen LogP contribution is -2.10. The lowest BCUT2D eigenvalue weighted by molar-refractivity contribution is -0.141. The second-order valence-corrected chi connectivity index (χ2v) is 2.93. The number of ether oxygens (including phenoxy) is 1. The number of aromatic nitrogens is 1. The summed E-state index contributed by atoms with van der Waals surface area (Å²) in [4.78, 5) is 3.23. The van der Waals surface area contributed by atoms with Crippen molar-refractivity contribution in [1.82, 2.24) is 4.98 Å². The molecule has 1 rings (SSSR count). The molecule has 15 heavy (non-hydrogen) atoms. The van der Waals surface area contributed by atoms with Crippen molar-refractivity contribution in [2.75, 3.05) is 12.3 Å². The van der Waals surface area contributed by atoms with Crippen LogP contribution in [-0.2, 0) is 6.18 Å². The molecule has 1 aromatic rings. The van der Waals surface area contributed by atoms with Gasteiger partial charge in [0.05, 0.1) is 6.61 Å². The van der Waals surface area contributed by atoms with Crippen LogP contribution in [0.3, 0.4) is 0 Å². The third-order valence-electron chi connectivity index (χ3n) is 1.64. The molecular weight excluding hydrogens is 209 g/mol. The van der Waals surface area contributed by atoms with Gasteiger partial charge in [-0.05, 0) is 18.6 Å². The summed E-state index contributed by atoms with van der Waals surface area (Å²) in [7, 11) is 0. The zero-order valence-corrected chi connectivity index (χ0v) is 8.14. The second kappa shape index (κ2) is 4.37. The van der Waals surface area contributed by atoms with Gasteiger partial charge in [0.25, 0.3) is 0 Å². The number of nitrogens with zero attached hydrogens (tertiary/aromatic N) is 1. The smallest absolute Gasteiger partial charge is 0.433 e. The first kappa shape index (κ1) is 11.6. The normalized spacial score (nSPS) is 11.5. The van der Waals surface area contributed by atoms with Crippen LogP contribution in [0.5, 0.6) is 5.75 Å². The fraction of sp³-hybridized carbons (Fsp3) is 0.444. The minimum absolute atomic E-state index is 0.185. The number of nitrogens with two attached hydrogens (primary N) is 1. The van der Waals surface area contributed by atoms with Gasteiger partial charge in [0.2, 0.25) is 0 Å². The Morgan fingerprint density at radius 2 is 2.07 bits per heavy atom. The van der Waals surface area contributed by atoms with E-state index in [9.17, 15) is 13.2 Å². The topological polar surface area (TPSA) is 48.1 Å². The largest absolute Gasteiger partial charge is 0.490 e. The van der Waals surface area contributed by atoms with Gasteiger partial charge in [-0.3, -0.25) is 0 Å². The molecule has 84 valence electrons. The molecule has 0 aliphatic carbocycles. The van der Waals surface area contributed by atoms with E-state index in [1.807, 2.05) is 6.92 Å². The van der Waals surface area contributed by atoms with Crippen molar-refractivity contribution in [2.45, 2.75) is 19.5 Å². The number of hydrogen-bond acceptors (Lipinski definition) is 3. The van der Waals surface area contributed by atoms with E-state index in [1.54, 1.807) is 0 Å². The quantitative estimate of drug-likeness (QED) is 0.851. The van der Waals surface area contributed by atoms with Crippen molar-refractivity contribution in [3.8, 4) is 5.75 Å². The van der Waals surface area contributed by atoms with Gasteiger partial charge in [-0.15, -0.1) is 0 Å². The molecule has 0 aliphatic rings. The first-order valence-corrected chi connectivity index (χ1v) is 4.41. The van der Waals surface area contributed by atoms with Gasteiger partial charge in [0, 0.05) is 0 Å². The van der Waals surface area contributed by atoms with Gasteiger partial charge >= 0.3 is 6.18 Å². The second-order valence-electron chi connectivity index (χ2n) is 2.93. The SMILES string of the molecule is CCCOc1ccc(C(F)(F)F)nc1N.